The van der Waals surface area contributed by atoms with Crippen LogP contribution in [-0.2, 0) is 17.6 Å². The lowest BCUT2D eigenvalue weighted by Gasteiger charge is -2.09. The van der Waals surface area contributed by atoms with E-state index in [1.54, 1.807) is 4.68 Å². The fraction of sp³-hybridized carbons (Fsp3) is 0.333. The molecule has 6 nitrogen and oxygen atoms in total. The van der Waals surface area contributed by atoms with Gasteiger partial charge in [0.2, 0.25) is 5.91 Å². The molecule has 6 heteroatoms. The number of carbonyl (C=O) groups is 1. The number of benzene rings is 1. The van der Waals surface area contributed by atoms with Crippen molar-refractivity contribution in [3.05, 3.63) is 64.6 Å². The number of aryl methyl sites for hydroxylation is 5. The summed E-state index contributed by atoms with van der Waals surface area (Å²) < 4.78 is 1.59. The average Bonchev–Trinajstić information content (AvgIpc) is 3.00. The van der Waals surface area contributed by atoms with E-state index in [4.69, 9.17) is 0 Å². The van der Waals surface area contributed by atoms with Crippen molar-refractivity contribution in [1.29, 1.82) is 0 Å². The van der Waals surface area contributed by atoms with Gasteiger partial charge in [0.05, 0.1) is 5.69 Å². The highest BCUT2D eigenvalue weighted by Gasteiger charge is 2.13. The van der Waals surface area contributed by atoms with Crippen molar-refractivity contribution < 1.29 is 4.79 Å². The molecule has 0 aliphatic heterocycles. The zero-order valence-electron chi connectivity index (χ0n) is 16.3. The lowest BCUT2D eigenvalue weighted by atomic mass is 10.1. The molecular formula is C21H25N5O. The third-order valence-corrected chi connectivity index (χ3v) is 4.33. The fourth-order valence-corrected chi connectivity index (χ4v) is 2.95. The number of nitrogens with zero attached hydrogens (tertiary/aromatic N) is 4. The van der Waals surface area contributed by atoms with Gasteiger partial charge in [-0.25, -0.2) is 9.97 Å². The van der Waals surface area contributed by atoms with Gasteiger partial charge in [-0.05, 0) is 50.8 Å². The van der Waals surface area contributed by atoms with Crippen molar-refractivity contribution in [3.8, 4) is 5.95 Å². The molecule has 0 saturated carbocycles. The van der Waals surface area contributed by atoms with Gasteiger partial charge in [0.1, 0.15) is 5.82 Å². The maximum Gasteiger partial charge on any atom is 0.252 e. The molecule has 1 amide bonds. The maximum atomic E-state index is 12.4. The summed E-state index contributed by atoms with van der Waals surface area (Å²) in [5.74, 6) is 0.995. The SMILES string of the molecule is CCc1ccc(CCC(=O)Nc2cc(C)nn2-c2nc(C)cc(C)n2)cc1. The molecule has 0 aliphatic rings. The van der Waals surface area contributed by atoms with Crippen LogP contribution in [0.15, 0.2) is 36.4 Å². The molecule has 1 N–H and O–H groups in total. The lowest BCUT2D eigenvalue weighted by Crippen LogP contribution is -2.16. The van der Waals surface area contributed by atoms with Gasteiger partial charge in [0, 0.05) is 23.9 Å². The third kappa shape index (κ3) is 4.78. The molecule has 0 radical (unpaired) electrons. The predicted molar refractivity (Wildman–Crippen MR) is 106 cm³/mol. The van der Waals surface area contributed by atoms with Crippen LogP contribution in [-0.4, -0.2) is 25.7 Å². The largest absolute Gasteiger partial charge is 0.310 e. The Hall–Kier alpha value is -3.02. The van der Waals surface area contributed by atoms with E-state index >= 15 is 0 Å². The third-order valence-electron chi connectivity index (χ3n) is 4.33. The van der Waals surface area contributed by atoms with Crippen LogP contribution in [0.5, 0.6) is 0 Å². The van der Waals surface area contributed by atoms with Crippen LogP contribution in [0.25, 0.3) is 5.95 Å². The average molecular weight is 363 g/mol. The molecule has 2 heterocycles. The number of hydrogen-bond acceptors (Lipinski definition) is 4. The number of aromatic nitrogens is 4. The molecule has 2 aromatic heterocycles. The zero-order valence-corrected chi connectivity index (χ0v) is 16.3. The molecule has 0 atom stereocenters. The molecule has 0 spiro atoms. The monoisotopic (exact) mass is 363 g/mol. The predicted octanol–water partition coefficient (Wildman–Crippen LogP) is 3.72. The van der Waals surface area contributed by atoms with Crippen LogP contribution in [0.1, 0.15) is 41.6 Å². The summed E-state index contributed by atoms with van der Waals surface area (Å²) in [5.41, 5.74) is 4.97. The number of nitrogens with one attached hydrogen (secondary N) is 1. The van der Waals surface area contributed by atoms with Crippen molar-refractivity contribution in [1.82, 2.24) is 19.7 Å². The number of hydrogen-bond donors (Lipinski definition) is 1. The van der Waals surface area contributed by atoms with Gasteiger partial charge in [0.25, 0.3) is 5.95 Å². The maximum absolute atomic E-state index is 12.4. The van der Waals surface area contributed by atoms with Gasteiger partial charge in [-0.3, -0.25) is 4.79 Å². The van der Waals surface area contributed by atoms with Gasteiger partial charge in [-0.2, -0.15) is 9.78 Å². The summed E-state index contributed by atoms with van der Waals surface area (Å²) in [5, 5.41) is 7.37. The first kappa shape index (κ1) is 18.8. The number of anilines is 1. The molecule has 27 heavy (non-hydrogen) atoms. The van der Waals surface area contributed by atoms with E-state index in [1.807, 2.05) is 32.9 Å². The molecule has 0 bridgehead atoms. The fourth-order valence-electron chi connectivity index (χ4n) is 2.95. The van der Waals surface area contributed by atoms with E-state index in [0.29, 0.717) is 24.6 Å². The Labute approximate surface area is 159 Å². The van der Waals surface area contributed by atoms with Gasteiger partial charge in [-0.15, -0.1) is 0 Å². The van der Waals surface area contributed by atoms with E-state index in [1.165, 1.54) is 5.56 Å². The molecule has 1 aromatic carbocycles. The molecule has 3 aromatic rings. The highest BCUT2D eigenvalue weighted by molar-refractivity contribution is 5.90. The minimum atomic E-state index is -0.0555. The quantitative estimate of drug-likeness (QED) is 0.724. The summed E-state index contributed by atoms with van der Waals surface area (Å²) in [6.07, 6.45) is 2.12. The Kier molecular flexibility index (Phi) is 5.64. The Bertz CT molecular complexity index is 923. The van der Waals surface area contributed by atoms with Crippen molar-refractivity contribution in [2.45, 2.75) is 47.0 Å². The Morgan fingerprint density at radius 1 is 0.963 bits per heavy atom. The van der Waals surface area contributed by atoms with Gasteiger partial charge >= 0.3 is 0 Å². The Morgan fingerprint density at radius 3 is 2.22 bits per heavy atom. The minimum absolute atomic E-state index is 0.0555. The van der Waals surface area contributed by atoms with Crippen LogP contribution in [0, 0.1) is 20.8 Å². The van der Waals surface area contributed by atoms with E-state index in [9.17, 15) is 4.79 Å². The first-order valence-corrected chi connectivity index (χ1v) is 9.21. The molecular weight excluding hydrogens is 338 g/mol. The molecule has 3 rings (SSSR count). The molecule has 0 fully saturated rings. The number of rotatable bonds is 6. The van der Waals surface area contributed by atoms with E-state index in [-0.39, 0.29) is 5.91 Å². The highest BCUT2D eigenvalue weighted by atomic mass is 16.1. The second-order valence-corrected chi connectivity index (χ2v) is 6.75. The normalized spacial score (nSPS) is 10.8. The van der Waals surface area contributed by atoms with Crippen LogP contribution in [0.4, 0.5) is 5.82 Å². The Balaban J connectivity index is 1.70. The van der Waals surface area contributed by atoms with Crippen LogP contribution in [0.3, 0.4) is 0 Å². The van der Waals surface area contributed by atoms with Crippen LogP contribution < -0.4 is 5.32 Å². The number of amides is 1. The molecule has 0 saturated heterocycles. The van der Waals surface area contributed by atoms with E-state index < -0.39 is 0 Å². The van der Waals surface area contributed by atoms with Crippen molar-refractivity contribution in [2.75, 3.05) is 5.32 Å². The highest BCUT2D eigenvalue weighted by Crippen LogP contribution is 2.16. The summed E-state index contributed by atoms with van der Waals surface area (Å²) in [4.78, 5) is 21.3. The van der Waals surface area contributed by atoms with Crippen LogP contribution >= 0.6 is 0 Å². The minimum Gasteiger partial charge on any atom is -0.310 e. The van der Waals surface area contributed by atoms with Crippen molar-refractivity contribution in [2.24, 2.45) is 0 Å². The zero-order chi connectivity index (χ0) is 19.4. The second kappa shape index (κ2) is 8.12. The van der Waals surface area contributed by atoms with Gasteiger partial charge in [-0.1, -0.05) is 31.2 Å². The first-order chi connectivity index (χ1) is 12.9. The standard InChI is InChI=1S/C21H25N5O/c1-5-17-6-8-18(9-7-17)10-11-20(27)24-19-13-16(4)25-26(19)21-22-14(2)12-15(3)23-21/h6-9,12-13H,5,10-11H2,1-4H3,(H,24,27). The smallest absolute Gasteiger partial charge is 0.252 e. The molecule has 0 unspecified atom stereocenters. The van der Waals surface area contributed by atoms with E-state index in [0.717, 1.165) is 29.1 Å². The summed E-state index contributed by atoms with van der Waals surface area (Å²) in [6, 6.07) is 12.1. The number of carbonyl (C=O) groups excluding carboxylic acids is 1. The topological polar surface area (TPSA) is 72.7 Å². The lowest BCUT2D eigenvalue weighted by molar-refractivity contribution is -0.116. The summed E-state index contributed by atoms with van der Waals surface area (Å²) in [7, 11) is 0. The van der Waals surface area contributed by atoms with Gasteiger partial charge < -0.3 is 5.32 Å². The Morgan fingerprint density at radius 2 is 1.59 bits per heavy atom. The van der Waals surface area contributed by atoms with Crippen LogP contribution in [0.2, 0.25) is 0 Å². The summed E-state index contributed by atoms with van der Waals surface area (Å²) >= 11 is 0. The molecule has 0 aliphatic carbocycles. The van der Waals surface area contributed by atoms with E-state index in [2.05, 4.69) is 51.6 Å². The van der Waals surface area contributed by atoms with Crippen molar-refractivity contribution >= 4 is 11.7 Å². The molecule has 140 valence electrons. The van der Waals surface area contributed by atoms with Gasteiger partial charge in [0.15, 0.2) is 0 Å². The first-order valence-electron chi connectivity index (χ1n) is 9.21. The second-order valence-electron chi connectivity index (χ2n) is 6.75. The van der Waals surface area contributed by atoms with Crippen molar-refractivity contribution in [3.63, 3.8) is 0 Å². The summed E-state index contributed by atoms with van der Waals surface area (Å²) in [6.45, 7) is 7.84.